The molecule has 0 aliphatic carbocycles. The number of aromatic nitrogens is 2. The minimum atomic E-state index is 0.0724. The summed E-state index contributed by atoms with van der Waals surface area (Å²) in [5.74, 6) is 0.0724. The Morgan fingerprint density at radius 3 is 2.94 bits per heavy atom. The summed E-state index contributed by atoms with van der Waals surface area (Å²) in [7, 11) is 0. The lowest BCUT2D eigenvalue weighted by Crippen LogP contribution is -2.43. The molecular formula is C13H21N3O2. The molecule has 1 unspecified atom stereocenters. The molecule has 1 aromatic rings. The molecule has 1 saturated heterocycles. The molecule has 1 amide bonds. The number of aromatic amines is 1. The number of ether oxygens (including phenoxy) is 1. The Balaban J connectivity index is 2.09. The molecule has 0 spiro atoms. The Morgan fingerprint density at radius 2 is 2.33 bits per heavy atom. The van der Waals surface area contributed by atoms with Crippen LogP contribution in [0.25, 0.3) is 0 Å². The molecule has 0 aromatic carbocycles. The minimum absolute atomic E-state index is 0.0724. The summed E-state index contributed by atoms with van der Waals surface area (Å²) >= 11 is 0. The Kier molecular flexibility index (Phi) is 4.01. The summed E-state index contributed by atoms with van der Waals surface area (Å²) in [6.07, 6.45) is 2.23. The van der Waals surface area contributed by atoms with E-state index < -0.39 is 0 Å². The number of likely N-dealkylation sites (tertiary alicyclic amines) is 1. The van der Waals surface area contributed by atoms with Crippen LogP contribution in [-0.2, 0) is 4.74 Å². The van der Waals surface area contributed by atoms with Crippen molar-refractivity contribution in [3.63, 3.8) is 0 Å². The van der Waals surface area contributed by atoms with E-state index in [0.29, 0.717) is 18.7 Å². The van der Waals surface area contributed by atoms with E-state index in [1.807, 2.05) is 25.7 Å². The fraction of sp³-hybridized carbons (Fsp3) is 0.692. The van der Waals surface area contributed by atoms with Gasteiger partial charge in [0.2, 0.25) is 0 Å². The molecule has 5 nitrogen and oxygen atoms in total. The second-order valence-corrected chi connectivity index (χ2v) is 4.78. The predicted octanol–water partition coefficient (Wildman–Crippen LogP) is 1.67. The normalized spacial score (nSPS) is 20.2. The van der Waals surface area contributed by atoms with Gasteiger partial charge in [0, 0.05) is 25.4 Å². The standard InChI is InChI=1S/C13H21N3O2/c1-4-18-11-6-5-7-16(8-11)13(17)12-9(2)14-15-10(12)3/h11H,4-8H2,1-3H3,(H,14,15). The lowest BCUT2D eigenvalue weighted by molar-refractivity contribution is 0.00718. The smallest absolute Gasteiger partial charge is 0.257 e. The summed E-state index contributed by atoms with van der Waals surface area (Å²) in [5, 5.41) is 6.95. The first-order chi connectivity index (χ1) is 8.63. The summed E-state index contributed by atoms with van der Waals surface area (Å²) in [6.45, 7) is 7.95. The van der Waals surface area contributed by atoms with Gasteiger partial charge in [0.1, 0.15) is 0 Å². The Morgan fingerprint density at radius 1 is 1.56 bits per heavy atom. The monoisotopic (exact) mass is 251 g/mol. The fourth-order valence-electron chi connectivity index (χ4n) is 2.52. The molecule has 2 heterocycles. The molecule has 0 bridgehead atoms. The summed E-state index contributed by atoms with van der Waals surface area (Å²) in [6, 6.07) is 0. The van der Waals surface area contributed by atoms with Crippen LogP contribution < -0.4 is 0 Å². The van der Waals surface area contributed by atoms with Crippen molar-refractivity contribution in [1.29, 1.82) is 0 Å². The van der Waals surface area contributed by atoms with Gasteiger partial charge in [-0.15, -0.1) is 0 Å². The zero-order valence-electron chi connectivity index (χ0n) is 11.3. The molecule has 1 aliphatic heterocycles. The van der Waals surface area contributed by atoms with Crippen molar-refractivity contribution in [1.82, 2.24) is 15.1 Å². The number of amides is 1. The zero-order chi connectivity index (χ0) is 13.1. The average Bonchev–Trinajstić information content (AvgIpc) is 2.69. The molecule has 5 heteroatoms. The number of H-pyrrole nitrogens is 1. The largest absolute Gasteiger partial charge is 0.377 e. The lowest BCUT2D eigenvalue weighted by atomic mass is 10.1. The van der Waals surface area contributed by atoms with Crippen molar-refractivity contribution in [2.24, 2.45) is 0 Å². The Labute approximate surface area is 108 Å². The van der Waals surface area contributed by atoms with Gasteiger partial charge in [-0.25, -0.2) is 0 Å². The van der Waals surface area contributed by atoms with Gasteiger partial charge < -0.3 is 9.64 Å². The average molecular weight is 251 g/mol. The zero-order valence-corrected chi connectivity index (χ0v) is 11.3. The first kappa shape index (κ1) is 13.1. The van der Waals surface area contributed by atoms with Crippen LogP contribution in [0.4, 0.5) is 0 Å². The van der Waals surface area contributed by atoms with Crippen LogP contribution in [0.15, 0.2) is 0 Å². The van der Waals surface area contributed by atoms with Crippen molar-refractivity contribution < 1.29 is 9.53 Å². The summed E-state index contributed by atoms with van der Waals surface area (Å²) in [5.41, 5.74) is 2.33. The molecule has 1 fully saturated rings. The van der Waals surface area contributed by atoms with Crippen LogP contribution in [0, 0.1) is 13.8 Å². The van der Waals surface area contributed by atoms with Crippen molar-refractivity contribution in [2.75, 3.05) is 19.7 Å². The third kappa shape index (κ3) is 2.56. The van der Waals surface area contributed by atoms with Gasteiger partial charge >= 0.3 is 0 Å². The topological polar surface area (TPSA) is 58.2 Å². The maximum absolute atomic E-state index is 12.5. The second-order valence-electron chi connectivity index (χ2n) is 4.78. The molecule has 18 heavy (non-hydrogen) atoms. The van der Waals surface area contributed by atoms with Crippen molar-refractivity contribution >= 4 is 5.91 Å². The highest BCUT2D eigenvalue weighted by Gasteiger charge is 2.27. The number of hydrogen-bond acceptors (Lipinski definition) is 3. The van der Waals surface area contributed by atoms with Gasteiger partial charge in [-0.05, 0) is 33.6 Å². The van der Waals surface area contributed by atoms with Crippen LogP contribution >= 0.6 is 0 Å². The van der Waals surface area contributed by atoms with Gasteiger partial charge in [0.25, 0.3) is 5.91 Å². The van der Waals surface area contributed by atoms with Gasteiger partial charge in [0.15, 0.2) is 0 Å². The molecule has 2 rings (SSSR count). The summed E-state index contributed by atoms with van der Waals surface area (Å²) in [4.78, 5) is 14.3. The van der Waals surface area contributed by atoms with Crippen LogP contribution in [0.5, 0.6) is 0 Å². The first-order valence-electron chi connectivity index (χ1n) is 6.56. The lowest BCUT2D eigenvalue weighted by Gasteiger charge is -2.32. The van der Waals surface area contributed by atoms with Crippen LogP contribution in [0.3, 0.4) is 0 Å². The molecule has 0 saturated carbocycles. The van der Waals surface area contributed by atoms with E-state index in [2.05, 4.69) is 10.2 Å². The maximum Gasteiger partial charge on any atom is 0.257 e. The quantitative estimate of drug-likeness (QED) is 0.889. The number of rotatable bonds is 3. The molecule has 1 aliphatic rings. The number of piperidine rings is 1. The molecule has 1 N–H and O–H groups in total. The molecule has 100 valence electrons. The van der Waals surface area contributed by atoms with Gasteiger partial charge in [0.05, 0.1) is 17.4 Å². The van der Waals surface area contributed by atoms with Crippen LogP contribution in [-0.4, -0.2) is 46.8 Å². The highest BCUT2D eigenvalue weighted by Crippen LogP contribution is 2.18. The second kappa shape index (κ2) is 5.52. The van der Waals surface area contributed by atoms with Crippen LogP contribution in [0.1, 0.15) is 41.5 Å². The maximum atomic E-state index is 12.5. The number of carbonyl (C=O) groups excluding carboxylic acids is 1. The number of aryl methyl sites for hydroxylation is 2. The number of nitrogens with one attached hydrogen (secondary N) is 1. The Hall–Kier alpha value is -1.36. The highest BCUT2D eigenvalue weighted by molar-refractivity contribution is 5.96. The summed E-state index contributed by atoms with van der Waals surface area (Å²) < 4.78 is 5.62. The van der Waals surface area contributed by atoms with E-state index >= 15 is 0 Å². The van der Waals surface area contributed by atoms with Crippen molar-refractivity contribution in [2.45, 2.75) is 39.7 Å². The van der Waals surface area contributed by atoms with E-state index in [0.717, 1.165) is 30.8 Å². The van der Waals surface area contributed by atoms with E-state index in [4.69, 9.17) is 4.74 Å². The fourth-order valence-corrected chi connectivity index (χ4v) is 2.52. The van der Waals surface area contributed by atoms with Gasteiger partial charge in [-0.2, -0.15) is 5.10 Å². The molecule has 1 aromatic heterocycles. The number of carbonyl (C=O) groups is 1. The molecular weight excluding hydrogens is 230 g/mol. The van der Waals surface area contributed by atoms with E-state index in [-0.39, 0.29) is 12.0 Å². The third-order valence-electron chi connectivity index (χ3n) is 3.41. The molecule has 0 radical (unpaired) electrons. The predicted molar refractivity (Wildman–Crippen MR) is 68.6 cm³/mol. The molecule has 1 atom stereocenters. The minimum Gasteiger partial charge on any atom is -0.377 e. The van der Waals surface area contributed by atoms with Crippen molar-refractivity contribution in [3.05, 3.63) is 17.0 Å². The van der Waals surface area contributed by atoms with E-state index in [1.54, 1.807) is 0 Å². The SMILES string of the molecule is CCOC1CCCN(C(=O)c2c(C)n[nH]c2C)C1. The van der Waals surface area contributed by atoms with Crippen LogP contribution in [0.2, 0.25) is 0 Å². The number of hydrogen-bond donors (Lipinski definition) is 1. The van der Waals surface area contributed by atoms with E-state index in [9.17, 15) is 4.79 Å². The first-order valence-corrected chi connectivity index (χ1v) is 6.56. The number of nitrogens with zero attached hydrogens (tertiary/aromatic N) is 2. The van der Waals surface area contributed by atoms with Gasteiger partial charge in [-0.1, -0.05) is 0 Å². The Bertz CT molecular complexity index is 406. The third-order valence-corrected chi connectivity index (χ3v) is 3.41. The highest BCUT2D eigenvalue weighted by atomic mass is 16.5. The van der Waals surface area contributed by atoms with Gasteiger partial charge in [-0.3, -0.25) is 9.89 Å². The van der Waals surface area contributed by atoms with E-state index in [1.165, 1.54) is 0 Å². The van der Waals surface area contributed by atoms with Crippen molar-refractivity contribution in [3.8, 4) is 0 Å².